The Morgan fingerprint density at radius 2 is 1.85 bits per heavy atom. The number of nitrogens with zero attached hydrogens (tertiary/aromatic N) is 1. The van der Waals surface area contributed by atoms with E-state index in [4.69, 9.17) is 9.47 Å². The largest absolute Gasteiger partial charge is 0.490 e. The Morgan fingerprint density at radius 1 is 1.07 bits per heavy atom. The molecule has 0 aliphatic carbocycles. The van der Waals surface area contributed by atoms with Gasteiger partial charge in [0.1, 0.15) is 5.82 Å². The third-order valence-corrected chi connectivity index (χ3v) is 4.12. The van der Waals surface area contributed by atoms with Gasteiger partial charge in [-0.1, -0.05) is 12.1 Å². The average Bonchev–Trinajstić information content (AvgIpc) is 3.09. The molecular weight excluding hydrogens is 342 g/mol. The number of nitrogens with one attached hydrogen (secondary N) is 2. The van der Waals surface area contributed by atoms with Gasteiger partial charge in [0.2, 0.25) is 0 Å². The lowest BCUT2D eigenvalue weighted by atomic mass is 10.2. The third-order valence-electron chi connectivity index (χ3n) is 4.12. The van der Waals surface area contributed by atoms with Gasteiger partial charge in [0.05, 0.1) is 24.2 Å². The second-order valence-corrected chi connectivity index (χ2v) is 6.09. The van der Waals surface area contributed by atoms with Gasteiger partial charge in [-0.05, 0) is 50.6 Å². The van der Waals surface area contributed by atoms with Crippen molar-refractivity contribution in [1.29, 1.82) is 0 Å². The molecular formula is C21H25N3O3. The van der Waals surface area contributed by atoms with Gasteiger partial charge >= 0.3 is 0 Å². The first-order valence-corrected chi connectivity index (χ1v) is 9.32. The van der Waals surface area contributed by atoms with Crippen LogP contribution in [0.25, 0.3) is 11.0 Å². The number of hydrogen-bond acceptors (Lipinski definition) is 4. The average molecular weight is 367 g/mol. The molecule has 0 atom stereocenters. The summed E-state index contributed by atoms with van der Waals surface area (Å²) >= 11 is 0. The predicted molar refractivity (Wildman–Crippen MR) is 106 cm³/mol. The molecule has 0 radical (unpaired) electrons. The summed E-state index contributed by atoms with van der Waals surface area (Å²) in [5.41, 5.74) is 2.56. The molecule has 142 valence electrons. The standard InChI is InChI=1S/C21H25N3O3/c1-3-26-18-12-11-15(14-19(18)27-4-2)21(25)22-13-7-10-20-23-16-8-5-6-9-17(16)24-20/h5-6,8-9,11-12,14H,3-4,7,10,13H2,1-2H3,(H,22,25)(H,23,24). The number of carbonyl (C=O) groups excluding carboxylic acids is 1. The number of carbonyl (C=O) groups is 1. The smallest absolute Gasteiger partial charge is 0.251 e. The van der Waals surface area contributed by atoms with Crippen LogP contribution < -0.4 is 14.8 Å². The van der Waals surface area contributed by atoms with Crippen molar-refractivity contribution in [2.75, 3.05) is 19.8 Å². The SMILES string of the molecule is CCOc1ccc(C(=O)NCCCc2nc3ccccc3[nH]2)cc1OCC. The number of para-hydroxylation sites is 2. The molecule has 0 saturated heterocycles. The predicted octanol–water partition coefficient (Wildman–Crippen LogP) is 3.72. The number of aromatic nitrogens is 2. The number of benzene rings is 2. The van der Waals surface area contributed by atoms with Gasteiger partial charge in [0, 0.05) is 18.5 Å². The molecule has 0 aliphatic heterocycles. The van der Waals surface area contributed by atoms with Crippen LogP contribution in [0, 0.1) is 0 Å². The summed E-state index contributed by atoms with van der Waals surface area (Å²) in [7, 11) is 0. The lowest BCUT2D eigenvalue weighted by Gasteiger charge is -2.12. The van der Waals surface area contributed by atoms with E-state index >= 15 is 0 Å². The number of imidazole rings is 1. The Balaban J connectivity index is 1.53. The van der Waals surface area contributed by atoms with Gasteiger partial charge in [0.25, 0.3) is 5.91 Å². The van der Waals surface area contributed by atoms with Gasteiger partial charge in [-0.25, -0.2) is 4.98 Å². The van der Waals surface area contributed by atoms with Gasteiger partial charge in [-0.15, -0.1) is 0 Å². The summed E-state index contributed by atoms with van der Waals surface area (Å²) in [6.45, 7) is 5.46. The minimum Gasteiger partial charge on any atom is -0.490 e. The van der Waals surface area contributed by atoms with Crippen LogP contribution >= 0.6 is 0 Å². The number of rotatable bonds is 9. The van der Waals surface area contributed by atoms with E-state index in [1.165, 1.54) is 0 Å². The molecule has 0 saturated carbocycles. The van der Waals surface area contributed by atoms with Crippen LogP contribution in [0.15, 0.2) is 42.5 Å². The first kappa shape index (κ1) is 18.8. The molecule has 27 heavy (non-hydrogen) atoms. The molecule has 0 bridgehead atoms. The molecule has 6 heteroatoms. The Morgan fingerprint density at radius 3 is 2.63 bits per heavy atom. The minimum atomic E-state index is -0.122. The summed E-state index contributed by atoms with van der Waals surface area (Å²) in [6.07, 6.45) is 1.59. The maximum atomic E-state index is 12.4. The summed E-state index contributed by atoms with van der Waals surface area (Å²) in [5, 5.41) is 2.95. The van der Waals surface area contributed by atoms with Crippen LogP contribution in [0.2, 0.25) is 0 Å². The van der Waals surface area contributed by atoms with E-state index in [0.717, 1.165) is 29.7 Å². The van der Waals surface area contributed by atoms with E-state index in [0.29, 0.717) is 36.8 Å². The Hall–Kier alpha value is -3.02. The summed E-state index contributed by atoms with van der Waals surface area (Å²) in [6, 6.07) is 13.2. The first-order valence-electron chi connectivity index (χ1n) is 9.32. The van der Waals surface area contributed by atoms with Crippen molar-refractivity contribution in [2.24, 2.45) is 0 Å². The molecule has 0 aliphatic rings. The molecule has 0 fully saturated rings. The van der Waals surface area contributed by atoms with Crippen molar-refractivity contribution >= 4 is 16.9 Å². The topological polar surface area (TPSA) is 76.2 Å². The van der Waals surface area contributed by atoms with Crippen molar-refractivity contribution in [2.45, 2.75) is 26.7 Å². The quantitative estimate of drug-likeness (QED) is 0.565. The fourth-order valence-electron chi connectivity index (χ4n) is 2.88. The van der Waals surface area contributed by atoms with E-state index in [2.05, 4.69) is 15.3 Å². The summed E-state index contributed by atoms with van der Waals surface area (Å²) in [4.78, 5) is 20.2. The second kappa shape index (κ2) is 9.07. The lowest BCUT2D eigenvalue weighted by molar-refractivity contribution is 0.0952. The number of hydrogen-bond donors (Lipinski definition) is 2. The number of amides is 1. The molecule has 2 aromatic carbocycles. The highest BCUT2D eigenvalue weighted by Gasteiger charge is 2.11. The number of ether oxygens (including phenoxy) is 2. The highest BCUT2D eigenvalue weighted by atomic mass is 16.5. The van der Waals surface area contributed by atoms with Crippen LogP contribution in [-0.2, 0) is 6.42 Å². The Kier molecular flexibility index (Phi) is 6.30. The van der Waals surface area contributed by atoms with Crippen LogP contribution in [0.4, 0.5) is 0 Å². The normalized spacial score (nSPS) is 10.7. The lowest BCUT2D eigenvalue weighted by Crippen LogP contribution is -2.24. The maximum Gasteiger partial charge on any atom is 0.251 e. The van der Waals surface area contributed by atoms with Crippen LogP contribution in [0.5, 0.6) is 11.5 Å². The number of H-pyrrole nitrogens is 1. The van der Waals surface area contributed by atoms with Gasteiger partial charge < -0.3 is 19.8 Å². The van der Waals surface area contributed by atoms with E-state index in [-0.39, 0.29) is 5.91 Å². The van der Waals surface area contributed by atoms with Crippen molar-refractivity contribution in [3.63, 3.8) is 0 Å². The zero-order valence-corrected chi connectivity index (χ0v) is 15.7. The maximum absolute atomic E-state index is 12.4. The first-order chi connectivity index (χ1) is 13.2. The third kappa shape index (κ3) is 4.78. The molecule has 0 spiro atoms. The fourth-order valence-corrected chi connectivity index (χ4v) is 2.88. The van der Waals surface area contributed by atoms with Crippen LogP contribution in [0.3, 0.4) is 0 Å². The van der Waals surface area contributed by atoms with Crippen molar-refractivity contribution < 1.29 is 14.3 Å². The highest BCUT2D eigenvalue weighted by molar-refractivity contribution is 5.94. The highest BCUT2D eigenvalue weighted by Crippen LogP contribution is 2.28. The van der Waals surface area contributed by atoms with Crippen molar-refractivity contribution in [1.82, 2.24) is 15.3 Å². The molecule has 1 aromatic heterocycles. The summed E-state index contributed by atoms with van der Waals surface area (Å²) in [5.74, 6) is 2.06. The molecule has 2 N–H and O–H groups in total. The van der Waals surface area contributed by atoms with E-state index < -0.39 is 0 Å². The molecule has 0 unspecified atom stereocenters. The second-order valence-electron chi connectivity index (χ2n) is 6.09. The van der Waals surface area contributed by atoms with Crippen molar-refractivity contribution in [3.8, 4) is 11.5 Å². The minimum absolute atomic E-state index is 0.122. The molecule has 3 rings (SSSR count). The Bertz CT molecular complexity index is 872. The van der Waals surface area contributed by atoms with E-state index in [1.807, 2.05) is 38.1 Å². The summed E-state index contributed by atoms with van der Waals surface area (Å²) < 4.78 is 11.1. The monoisotopic (exact) mass is 367 g/mol. The van der Waals surface area contributed by atoms with E-state index in [9.17, 15) is 4.79 Å². The zero-order valence-electron chi connectivity index (χ0n) is 15.7. The van der Waals surface area contributed by atoms with Crippen molar-refractivity contribution in [3.05, 3.63) is 53.9 Å². The fraction of sp³-hybridized carbons (Fsp3) is 0.333. The van der Waals surface area contributed by atoms with Gasteiger partial charge in [-0.3, -0.25) is 4.79 Å². The molecule has 6 nitrogen and oxygen atoms in total. The molecule has 1 heterocycles. The number of aryl methyl sites for hydroxylation is 1. The number of aromatic amines is 1. The zero-order chi connectivity index (χ0) is 19.1. The van der Waals surface area contributed by atoms with Gasteiger partial charge in [-0.2, -0.15) is 0 Å². The van der Waals surface area contributed by atoms with Crippen LogP contribution in [0.1, 0.15) is 36.5 Å². The molecule has 3 aromatic rings. The molecule has 1 amide bonds. The van der Waals surface area contributed by atoms with Gasteiger partial charge in [0.15, 0.2) is 11.5 Å². The van der Waals surface area contributed by atoms with Crippen LogP contribution in [-0.4, -0.2) is 35.6 Å². The Labute approximate surface area is 158 Å². The number of fused-ring (bicyclic) bond motifs is 1. The van der Waals surface area contributed by atoms with E-state index in [1.54, 1.807) is 18.2 Å².